The number of rotatable bonds is 8. The minimum atomic E-state index is -1.23. The van der Waals surface area contributed by atoms with Crippen molar-refractivity contribution in [2.24, 2.45) is 11.7 Å². The van der Waals surface area contributed by atoms with Gasteiger partial charge in [0.05, 0.1) is 6.04 Å². The van der Waals surface area contributed by atoms with Crippen molar-refractivity contribution in [3.05, 3.63) is 0 Å². The van der Waals surface area contributed by atoms with E-state index in [0.717, 1.165) is 12.8 Å². The molecular weight excluding hydrogens is 206 g/mol. The molecule has 0 amide bonds. The van der Waals surface area contributed by atoms with Crippen LogP contribution in [0.2, 0.25) is 0 Å². The first-order valence-corrected chi connectivity index (χ1v) is 5.65. The molecule has 0 heterocycles. The van der Waals surface area contributed by atoms with E-state index in [1.54, 1.807) is 7.05 Å². The van der Waals surface area contributed by atoms with Gasteiger partial charge in [-0.2, -0.15) is 0 Å². The summed E-state index contributed by atoms with van der Waals surface area (Å²) in [5.41, 5.74) is 5.17. The van der Waals surface area contributed by atoms with E-state index in [9.17, 15) is 9.90 Å². The van der Waals surface area contributed by atoms with Crippen LogP contribution in [0.25, 0.3) is 0 Å². The number of nitrogens with two attached hydrogens (primary N) is 1. The molecule has 0 rings (SSSR count). The first-order chi connectivity index (χ1) is 7.43. The van der Waals surface area contributed by atoms with Crippen LogP contribution in [0.5, 0.6) is 0 Å². The Morgan fingerprint density at radius 2 is 2.12 bits per heavy atom. The first kappa shape index (κ1) is 15.1. The molecule has 0 aromatic heterocycles. The second-order valence-electron chi connectivity index (χ2n) is 4.18. The third-order valence-corrected chi connectivity index (χ3v) is 2.87. The van der Waals surface area contributed by atoms with Crippen LogP contribution in [-0.2, 0) is 4.79 Å². The third kappa shape index (κ3) is 4.72. The predicted octanol–water partition coefficient (Wildman–Crippen LogP) is 0.267. The number of carbonyl (C=O) groups is 1. The van der Waals surface area contributed by atoms with Gasteiger partial charge in [0.25, 0.3) is 0 Å². The lowest BCUT2D eigenvalue weighted by molar-refractivity contribution is -0.122. The Kier molecular flexibility index (Phi) is 6.92. The second-order valence-corrected chi connectivity index (χ2v) is 4.18. The molecule has 5 nitrogen and oxygen atoms in total. The molecule has 0 aliphatic rings. The summed E-state index contributed by atoms with van der Waals surface area (Å²) in [5, 5.41) is 19.4. The average Bonchev–Trinajstić information content (AvgIpc) is 2.26. The lowest BCUT2D eigenvalue weighted by atomic mass is 9.96. The zero-order valence-corrected chi connectivity index (χ0v) is 10.3. The summed E-state index contributed by atoms with van der Waals surface area (Å²) in [6.45, 7) is 4.16. The molecule has 3 unspecified atom stereocenters. The normalized spacial score (nSPS) is 16.5. The van der Waals surface area contributed by atoms with Crippen LogP contribution >= 0.6 is 0 Å². The molecule has 0 aromatic carbocycles. The van der Waals surface area contributed by atoms with E-state index in [-0.39, 0.29) is 11.6 Å². The summed E-state index contributed by atoms with van der Waals surface area (Å²) in [6.07, 6.45) is 1.02. The van der Waals surface area contributed by atoms with E-state index in [2.05, 4.69) is 19.2 Å². The zero-order chi connectivity index (χ0) is 12.7. The molecule has 0 aliphatic carbocycles. The summed E-state index contributed by atoms with van der Waals surface area (Å²) in [4.78, 5) is 11.8. The molecule has 0 aliphatic heterocycles. The molecule has 0 aromatic rings. The summed E-state index contributed by atoms with van der Waals surface area (Å²) in [5.74, 6) is 0.0256. The lowest BCUT2D eigenvalue weighted by Gasteiger charge is -2.20. The summed E-state index contributed by atoms with van der Waals surface area (Å²) in [6, 6.07) is -0.762. The van der Waals surface area contributed by atoms with Crippen molar-refractivity contribution in [2.45, 2.75) is 45.3 Å². The number of hydrogen-bond acceptors (Lipinski definition) is 4. The quantitative estimate of drug-likeness (QED) is 0.354. The molecule has 94 valence electrons. The van der Waals surface area contributed by atoms with Gasteiger partial charge in [0.15, 0.2) is 5.78 Å². The smallest absolute Gasteiger partial charge is 0.152 e. The number of amidine groups is 1. The maximum absolute atomic E-state index is 11.8. The monoisotopic (exact) mass is 229 g/mol. The highest BCUT2D eigenvalue weighted by atomic mass is 16.3. The van der Waals surface area contributed by atoms with Crippen LogP contribution in [0.4, 0.5) is 0 Å². The van der Waals surface area contributed by atoms with E-state index < -0.39 is 12.1 Å². The van der Waals surface area contributed by atoms with Gasteiger partial charge in [0, 0.05) is 6.42 Å². The fourth-order valence-corrected chi connectivity index (χ4v) is 1.42. The molecule has 0 spiro atoms. The van der Waals surface area contributed by atoms with Crippen molar-refractivity contribution in [3.63, 3.8) is 0 Å². The second kappa shape index (κ2) is 7.35. The summed E-state index contributed by atoms with van der Waals surface area (Å²) < 4.78 is 0. The van der Waals surface area contributed by atoms with Crippen molar-refractivity contribution in [1.29, 1.82) is 5.41 Å². The number of carbonyl (C=O) groups excluding carboxylic acids is 1. The van der Waals surface area contributed by atoms with E-state index >= 15 is 0 Å². The number of nitrogens with one attached hydrogen (secondary N) is 2. The highest BCUT2D eigenvalue weighted by Gasteiger charge is 2.26. The maximum Gasteiger partial charge on any atom is 0.152 e. The summed E-state index contributed by atoms with van der Waals surface area (Å²) in [7, 11) is 1.58. The Balaban J connectivity index is 4.26. The average molecular weight is 229 g/mol. The van der Waals surface area contributed by atoms with Crippen molar-refractivity contribution in [2.75, 3.05) is 7.05 Å². The molecule has 0 saturated heterocycles. The van der Waals surface area contributed by atoms with Gasteiger partial charge in [-0.05, 0) is 19.4 Å². The van der Waals surface area contributed by atoms with E-state index in [1.807, 2.05) is 0 Å². The fraction of sp³-hybridized carbons (Fsp3) is 0.818. The number of ketones is 1. The number of hydrogen-bond donors (Lipinski definition) is 4. The molecule has 5 heteroatoms. The van der Waals surface area contributed by atoms with Crippen molar-refractivity contribution in [1.82, 2.24) is 5.32 Å². The molecule has 5 N–H and O–H groups in total. The van der Waals surface area contributed by atoms with Crippen LogP contribution in [0.3, 0.4) is 0 Å². The largest absolute Gasteiger partial charge is 0.385 e. The highest BCUT2D eigenvalue weighted by Crippen LogP contribution is 2.11. The van der Waals surface area contributed by atoms with Gasteiger partial charge in [-0.1, -0.05) is 20.3 Å². The van der Waals surface area contributed by atoms with Gasteiger partial charge in [-0.3, -0.25) is 10.2 Å². The Bertz CT molecular complexity index is 243. The first-order valence-electron chi connectivity index (χ1n) is 5.65. The molecule has 16 heavy (non-hydrogen) atoms. The number of aliphatic hydroxyl groups is 1. The van der Waals surface area contributed by atoms with Crippen molar-refractivity contribution < 1.29 is 9.90 Å². The van der Waals surface area contributed by atoms with Crippen LogP contribution in [-0.4, -0.2) is 35.9 Å². The third-order valence-electron chi connectivity index (χ3n) is 2.87. The predicted molar refractivity (Wildman–Crippen MR) is 64.5 cm³/mol. The number of Topliss-reactive ketones (excluding diaryl/α,β-unsaturated/α-hetero) is 1. The maximum atomic E-state index is 11.8. The van der Waals surface area contributed by atoms with E-state index in [4.69, 9.17) is 11.1 Å². The van der Waals surface area contributed by atoms with Crippen LogP contribution in [0.15, 0.2) is 0 Å². The van der Waals surface area contributed by atoms with Crippen LogP contribution in [0, 0.1) is 11.3 Å². The van der Waals surface area contributed by atoms with Gasteiger partial charge in [-0.25, -0.2) is 0 Å². The SMILES string of the molecule is CCC(C)CCC(=O)C(NC)C(O)C(=N)N. The Morgan fingerprint density at radius 1 is 1.56 bits per heavy atom. The topological polar surface area (TPSA) is 99.2 Å². The lowest BCUT2D eigenvalue weighted by Crippen LogP contribution is -2.50. The van der Waals surface area contributed by atoms with Crippen LogP contribution < -0.4 is 11.1 Å². The van der Waals surface area contributed by atoms with Crippen molar-refractivity contribution >= 4 is 11.6 Å². The molecular formula is C11H23N3O2. The Labute approximate surface area is 96.9 Å². The van der Waals surface area contributed by atoms with E-state index in [0.29, 0.717) is 12.3 Å². The molecule has 0 saturated carbocycles. The van der Waals surface area contributed by atoms with Crippen molar-refractivity contribution in [3.8, 4) is 0 Å². The Hall–Kier alpha value is -0.940. The molecule has 0 fully saturated rings. The number of likely N-dealkylation sites (N-methyl/N-ethyl adjacent to an activating group) is 1. The molecule has 3 atom stereocenters. The minimum Gasteiger partial charge on any atom is -0.385 e. The van der Waals surface area contributed by atoms with E-state index in [1.165, 1.54) is 0 Å². The fourth-order valence-electron chi connectivity index (χ4n) is 1.42. The van der Waals surface area contributed by atoms with Gasteiger partial charge in [0.1, 0.15) is 11.9 Å². The van der Waals surface area contributed by atoms with Gasteiger partial charge < -0.3 is 16.2 Å². The van der Waals surface area contributed by atoms with Gasteiger partial charge in [-0.15, -0.1) is 0 Å². The molecule has 0 radical (unpaired) electrons. The standard InChI is InChI=1S/C11H23N3O2/c1-4-7(2)5-6-8(15)9(14-3)10(16)11(12)13/h7,9-10,14,16H,4-6H2,1-3H3,(H3,12,13). The summed E-state index contributed by atoms with van der Waals surface area (Å²) >= 11 is 0. The minimum absolute atomic E-state index is 0.0921. The van der Waals surface area contributed by atoms with Crippen LogP contribution in [0.1, 0.15) is 33.1 Å². The highest BCUT2D eigenvalue weighted by molar-refractivity contribution is 5.93. The van der Waals surface area contributed by atoms with Gasteiger partial charge in [0.2, 0.25) is 0 Å². The number of aliphatic hydroxyl groups excluding tert-OH is 1. The Morgan fingerprint density at radius 3 is 2.50 bits per heavy atom. The zero-order valence-electron chi connectivity index (χ0n) is 10.3. The van der Waals surface area contributed by atoms with Gasteiger partial charge >= 0.3 is 0 Å². The molecule has 0 bridgehead atoms.